The largest absolute Gasteiger partial charge is 0.419 e. The number of nitrogens with zero attached hydrogens (tertiary/aromatic N) is 2. The summed E-state index contributed by atoms with van der Waals surface area (Å²) in [6, 6.07) is 3.08. The number of halogens is 8. The lowest BCUT2D eigenvalue weighted by atomic mass is 10.0. The van der Waals surface area contributed by atoms with Crippen LogP contribution in [0.2, 0.25) is 0 Å². The Morgan fingerprint density at radius 1 is 0.833 bits per heavy atom. The zero-order valence-electron chi connectivity index (χ0n) is 21.7. The van der Waals surface area contributed by atoms with Crippen LogP contribution in [-0.2, 0) is 27.0 Å². The van der Waals surface area contributed by atoms with Gasteiger partial charge in [0.05, 0.1) is 22.6 Å². The summed E-state index contributed by atoms with van der Waals surface area (Å²) in [6.45, 7) is 0.369. The molecule has 3 amide bonds. The van der Waals surface area contributed by atoms with Gasteiger partial charge < -0.3 is 20.9 Å². The first-order valence-electron chi connectivity index (χ1n) is 12.4. The van der Waals surface area contributed by atoms with Crippen molar-refractivity contribution in [3.8, 4) is 0 Å². The number of anilines is 2. The number of carbonyl (C=O) groups excluding carboxylic acids is 2. The lowest BCUT2D eigenvalue weighted by molar-refractivity contribution is -0.140. The highest BCUT2D eigenvalue weighted by Gasteiger charge is 2.37. The monoisotopic (exact) mass is 630 g/mol. The third kappa shape index (κ3) is 8.45. The second-order valence-electron chi connectivity index (χ2n) is 9.55. The van der Waals surface area contributed by atoms with Gasteiger partial charge in [0.2, 0.25) is 5.91 Å². The number of likely N-dealkylation sites (tertiary alicyclic amines) is 1. The number of nitrogens with two attached hydrogens (primary N) is 1. The molecule has 42 heavy (non-hydrogen) atoms. The molecule has 2 aromatic carbocycles. The average molecular weight is 631 g/mol. The van der Waals surface area contributed by atoms with Crippen molar-refractivity contribution in [2.75, 3.05) is 42.2 Å². The van der Waals surface area contributed by atoms with Gasteiger partial charge in [0.25, 0.3) is 0 Å². The number of alkyl halides is 6. The number of urea groups is 1. The minimum atomic E-state index is -4.85. The fraction of sp³-hybridized carbons (Fsp3) is 0.440. The molecule has 0 bridgehead atoms. The number of amides is 3. The molecule has 0 radical (unpaired) electrons. The number of benzene rings is 2. The summed E-state index contributed by atoms with van der Waals surface area (Å²) in [5.74, 6) is -3.74. The predicted octanol–water partition coefficient (Wildman–Crippen LogP) is 4.91. The van der Waals surface area contributed by atoms with Gasteiger partial charge in [-0.3, -0.25) is 4.79 Å². The number of hydrogen-bond acceptors (Lipinski definition) is 5. The van der Waals surface area contributed by atoms with Crippen LogP contribution in [0.4, 0.5) is 51.3 Å². The number of nitrogens with one attached hydrogen (secondary N) is 1. The fourth-order valence-electron chi connectivity index (χ4n) is 4.33. The molecule has 0 aliphatic carbocycles. The molecule has 2 saturated heterocycles. The van der Waals surface area contributed by atoms with Crippen LogP contribution in [0, 0.1) is 11.6 Å². The van der Waals surface area contributed by atoms with Crippen molar-refractivity contribution in [2.24, 2.45) is 0 Å². The lowest BCUT2D eigenvalue weighted by Gasteiger charge is -2.39. The molecule has 2 aromatic rings. The minimum Gasteiger partial charge on any atom is -0.399 e. The van der Waals surface area contributed by atoms with Crippen LogP contribution in [0.15, 0.2) is 36.4 Å². The summed E-state index contributed by atoms with van der Waals surface area (Å²) >= 11 is 0. The topological polar surface area (TPSA) is 113 Å². The number of carbonyl (C=O) groups is 2. The Labute approximate surface area is 235 Å². The van der Waals surface area contributed by atoms with Crippen LogP contribution in [-0.4, -0.2) is 67.3 Å². The summed E-state index contributed by atoms with van der Waals surface area (Å²) in [5, 5.41) is 2.38. The molecule has 2 aliphatic heterocycles. The van der Waals surface area contributed by atoms with Crippen molar-refractivity contribution in [3.05, 3.63) is 59.2 Å². The Hall–Kier alpha value is -3.63. The molecule has 3 N–H and O–H groups in total. The van der Waals surface area contributed by atoms with Gasteiger partial charge in [-0.25, -0.2) is 22.0 Å². The van der Waals surface area contributed by atoms with Crippen molar-refractivity contribution in [3.63, 3.8) is 0 Å². The van der Waals surface area contributed by atoms with Crippen molar-refractivity contribution in [1.29, 1.82) is 0 Å². The van der Waals surface area contributed by atoms with Gasteiger partial charge in [-0.2, -0.15) is 26.3 Å². The minimum absolute atomic E-state index is 0.0378. The Bertz CT molecular complexity index is 1400. The van der Waals surface area contributed by atoms with E-state index in [0.29, 0.717) is 50.1 Å². The molecule has 0 saturated carbocycles. The van der Waals surface area contributed by atoms with Crippen LogP contribution in [0.3, 0.4) is 0 Å². The van der Waals surface area contributed by atoms with E-state index in [0.717, 1.165) is 12.1 Å². The highest BCUT2D eigenvalue weighted by Crippen LogP contribution is 2.33. The van der Waals surface area contributed by atoms with Gasteiger partial charge in [0, 0.05) is 31.0 Å². The maximum Gasteiger partial charge on any atom is 0.419 e. The van der Waals surface area contributed by atoms with Crippen LogP contribution in [0.5, 0.6) is 0 Å². The van der Waals surface area contributed by atoms with Gasteiger partial charge in [-0.15, -0.1) is 0 Å². The molecule has 0 aromatic heterocycles. The van der Waals surface area contributed by atoms with Crippen molar-refractivity contribution in [2.45, 2.75) is 37.7 Å². The maximum absolute atomic E-state index is 13.8. The van der Waals surface area contributed by atoms with Gasteiger partial charge in [-0.1, -0.05) is 0 Å². The number of hydrogen-bond donors (Lipinski definition) is 2. The van der Waals surface area contributed by atoms with Crippen LogP contribution < -0.4 is 11.1 Å². The standard InChI is InChI=1S/C18H21F4N3O4S.C7H5F4N/c19-14-11-12(4-5-13(14)18(20,21)22)23-16(26)15-3-1-2-6-25(15)17(27)24-7-9-30(28,29)10-8-24;8-6-2-1-4(12)3-5(6)7(9,10)11/h4-5,11,15H,1-3,6-10H2,(H,23,26);1-3H,12H2/t15-;/m0./s1. The van der Waals surface area contributed by atoms with Crippen LogP contribution in [0.25, 0.3) is 0 Å². The second-order valence-corrected chi connectivity index (χ2v) is 11.8. The molecule has 8 nitrogen and oxygen atoms in total. The molecular weight excluding hydrogens is 604 g/mol. The van der Waals surface area contributed by atoms with E-state index < -0.39 is 62.9 Å². The number of piperidine rings is 1. The van der Waals surface area contributed by atoms with Gasteiger partial charge in [-0.05, 0) is 55.7 Å². The molecule has 232 valence electrons. The summed E-state index contributed by atoms with van der Waals surface area (Å²) in [5.41, 5.74) is 2.04. The van der Waals surface area contributed by atoms with Crippen molar-refractivity contribution >= 4 is 33.2 Å². The van der Waals surface area contributed by atoms with E-state index in [9.17, 15) is 53.1 Å². The first-order chi connectivity index (χ1) is 19.4. The van der Waals surface area contributed by atoms with Crippen molar-refractivity contribution in [1.82, 2.24) is 9.80 Å². The van der Waals surface area contributed by atoms with Crippen LogP contribution in [0.1, 0.15) is 30.4 Å². The lowest BCUT2D eigenvalue weighted by Crippen LogP contribution is -2.56. The smallest absolute Gasteiger partial charge is 0.399 e. The van der Waals surface area contributed by atoms with Crippen LogP contribution >= 0.6 is 0 Å². The van der Waals surface area contributed by atoms with Gasteiger partial charge in [0.15, 0.2) is 9.84 Å². The highest BCUT2D eigenvalue weighted by molar-refractivity contribution is 7.91. The van der Waals surface area contributed by atoms with E-state index >= 15 is 0 Å². The predicted molar refractivity (Wildman–Crippen MR) is 136 cm³/mol. The van der Waals surface area contributed by atoms with Crippen molar-refractivity contribution < 1.29 is 53.1 Å². The molecule has 0 spiro atoms. The normalized spacial score (nSPS) is 19.0. The molecule has 0 unspecified atom stereocenters. The van der Waals surface area contributed by atoms with Gasteiger partial charge >= 0.3 is 18.4 Å². The Balaban J connectivity index is 0.000000337. The molecule has 2 aliphatic rings. The van der Waals surface area contributed by atoms with E-state index in [1.165, 1.54) is 9.80 Å². The Morgan fingerprint density at radius 2 is 1.45 bits per heavy atom. The third-order valence-corrected chi connectivity index (χ3v) is 8.11. The Kier molecular flexibility index (Phi) is 9.95. The first-order valence-corrected chi connectivity index (χ1v) is 14.3. The molecule has 2 fully saturated rings. The molecule has 2 heterocycles. The fourth-order valence-corrected chi connectivity index (χ4v) is 5.53. The second kappa shape index (κ2) is 12.7. The molecule has 17 heteroatoms. The third-order valence-electron chi connectivity index (χ3n) is 6.50. The molecule has 4 rings (SSSR count). The summed E-state index contributed by atoms with van der Waals surface area (Å²) in [4.78, 5) is 28.3. The first kappa shape index (κ1) is 32.9. The van der Waals surface area contributed by atoms with E-state index in [1.54, 1.807) is 0 Å². The molecule has 1 atom stereocenters. The van der Waals surface area contributed by atoms with E-state index in [1.807, 2.05) is 0 Å². The summed E-state index contributed by atoms with van der Waals surface area (Å²) in [7, 11) is -3.18. The summed E-state index contributed by atoms with van der Waals surface area (Å²) in [6.07, 6.45) is -7.86. The average Bonchev–Trinajstić information content (AvgIpc) is 2.89. The highest BCUT2D eigenvalue weighted by atomic mass is 32.2. The zero-order valence-corrected chi connectivity index (χ0v) is 22.6. The summed E-state index contributed by atoms with van der Waals surface area (Å²) < 4.78 is 123. The number of rotatable bonds is 2. The van der Waals surface area contributed by atoms with E-state index in [2.05, 4.69) is 5.32 Å². The molecular formula is C25H26F8N4O4S. The zero-order chi connectivity index (χ0) is 31.5. The quantitative estimate of drug-likeness (QED) is 0.362. The van der Waals surface area contributed by atoms with E-state index in [4.69, 9.17) is 5.73 Å². The Morgan fingerprint density at radius 3 is 2.00 bits per heavy atom. The van der Waals surface area contributed by atoms with Gasteiger partial charge in [0.1, 0.15) is 17.7 Å². The number of sulfone groups is 1. The maximum atomic E-state index is 13.8. The van der Waals surface area contributed by atoms with E-state index in [-0.39, 0.29) is 36.0 Å². The number of nitrogen functional groups attached to an aromatic ring is 1. The SMILES string of the molecule is Nc1ccc(F)c(C(F)(F)F)c1.O=C(Nc1ccc(C(F)(F)F)c(F)c1)[C@@H]1CCCCN1C(=O)N1CCS(=O)(=O)CC1.